The number of hydrogen-bond acceptors (Lipinski definition) is 5. The van der Waals surface area contributed by atoms with Crippen molar-refractivity contribution in [2.45, 2.75) is 32.6 Å². The van der Waals surface area contributed by atoms with E-state index in [1.807, 2.05) is 6.92 Å². The minimum Gasteiger partial charge on any atom is -0.298 e. The molecule has 0 aliphatic rings. The molecule has 3 N–H and O–H groups in total. The molecule has 0 saturated carbocycles. The first kappa shape index (κ1) is 20.2. The number of carbonyl (C=O) groups is 2. The summed E-state index contributed by atoms with van der Waals surface area (Å²) in [5.41, 5.74) is 5.46. The lowest BCUT2D eigenvalue weighted by Crippen LogP contribution is -2.48. The number of rotatable bonds is 7. The monoisotopic (exact) mass is 364 g/mol. The summed E-state index contributed by atoms with van der Waals surface area (Å²) in [7, 11) is 0. The van der Waals surface area contributed by atoms with E-state index < -0.39 is 10.8 Å². The van der Waals surface area contributed by atoms with Crippen LogP contribution in [-0.4, -0.2) is 21.9 Å². The van der Waals surface area contributed by atoms with Gasteiger partial charge in [-0.15, -0.1) is 0 Å². The summed E-state index contributed by atoms with van der Waals surface area (Å²) in [6.45, 7) is 2.05. The predicted molar refractivity (Wildman–Crippen MR) is 98.3 cm³/mol. The van der Waals surface area contributed by atoms with Gasteiger partial charge in [0, 0.05) is 24.6 Å². The molecule has 0 aromatic heterocycles. The van der Waals surface area contributed by atoms with Gasteiger partial charge in [-0.3, -0.25) is 35.9 Å². The van der Waals surface area contributed by atoms with Gasteiger partial charge >= 0.3 is 0 Å². The number of hydrogen-bond donors (Lipinski definition) is 3. The van der Waals surface area contributed by atoms with Crippen LogP contribution in [0.1, 0.15) is 38.2 Å². The first-order chi connectivity index (χ1) is 11.9. The fourth-order valence-electron chi connectivity index (χ4n) is 1.79. The SMILES string of the molecule is CCCCCC(=O)NNC(=S)NC(=O)/C=C/c1ccc([N+](=O)[O-])cc1. The maximum absolute atomic E-state index is 11.7. The van der Waals surface area contributed by atoms with Crippen LogP contribution >= 0.6 is 12.2 Å². The van der Waals surface area contributed by atoms with E-state index in [1.165, 1.54) is 36.4 Å². The van der Waals surface area contributed by atoms with Crippen molar-refractivity contribution < 1.29 is 14.5 Å². The van der Waals surface area contributed by atoms with Crippen molar-refractivity contribution in [2.24, 2.45) is 0 Å². The van der Waals surface area contributed by atoms with Crippen LogP contribution in [-0.2, 0) is 9.59 Å². The number of non-ortho nitro benzene ring substituents is 1. The summed E-state index contributed by atoms with van der Waals surface area (Å²) in [6, 6.07) is 5.74. The average molecular weight is 364 g/mol. The zero-order valence-corrected chi connectivity index (χ0v) is 14.6. The highest BCUT2D eigenvalue weighted by Crippen LogP contribution is 2.12. The number of hydrazine groups is 1. The molecule has 8 nitrogen and oxygen atoms in total. The fraction of sp³-hybridized carbons (Fsp3) is 0.312. The molecule has 0 bridgehead atoms. The number of carbonyl (C=O) groups excluding carboxylic acids is 2. The molecule has 0 heterocycles. The molecular weight excluding hydrogens is 344 g/mol. The molecule has 0 radical (unpaired) electrons. The molecule has 134 valence electrons. The largest absolute Gasteiger partial charge is 0.298 e. The van der Waals surface area contributed by atoms with Gasteiger partial charge in [-0.25, -0.2) is 0 Å². The number of amides is 2. The van der Waals surface area contributed by atoms with E-state index in [0.717, 1.165) is 19.3 Å². The van der Waals surface area contributed by atoms with Crippen molar-refractivity contribution in [1.29, 1.82) is 0 Å². The fourth-order valence-corrected chi connectivity index (χ4v) is 1.94. The first-order valence-electron chi connectivity index (χ1n) is 7.74. The van der Waals surface area contributed by atoms with Gasteiger partial charge in [-0.2, -0.15) is 0 Å². The Labute approximate surface area is 150 Å². The molecular formula is C16H20N4O4S. The number of nitro groups is 1. The first-order valence-corrected chi connectivity index (χ1v) is 8.15. The average Bonchev–Trinajstić information content (AvgIpc) is 2.58. The Bertz CT molecular complexity index is 659. The maximum Gasteiger partial charge on any atom is 0.269 e. The Hall–Kier alpha value is -2.81. The van der Waals surface area contributed by atoms with Gasteiger partial charge in [-0.05, 0) is 42.4 Å². The molecule has 1 rings (SSSR count). The van der Waals surface area contributed by atoms with Gasteiger partial charge in [0.2, 0.25) is 11.8 Å². The normalized spacial score (nSPS) is 10.3. The van der Waals surface area contributed by atoms with E-state index in [9.17, 15) is 19.7 Å². The quantitative estimate of drug-likeness (QED) is 0.225. The van der Waals surface area contributed by atoms with Gasteiger partial charge in [-0.1, -0.05) is 19.8 Å². The van der Waals surface area contributed by atoms with Crippen LogP contribution in [0.3, 0.4) is 0 Å². The molecule has 0 unspecified atom stereocenters. The summed E-state index contributed by atoms with van der Waals surface area (Å²) < 4.78 is 0. The Morgan fingerprint density at radius 1 is 1.20 bits per heavy atom. The molecule has 2 amide bonds. The van der Waals surface area contributed by atoms with E-state index >= 15 is 0 Å². The Balaban J connectivity index is 2.36. The van der Waals surface area contributed by atoms with Gasteiger partial charge in [0.25, 0.3) is 5.69 Å². The van der Waals surface area contributed by atoms with Crippen LogP contribution in [0.25, 0.3) is 6.08 Å². The molecule has 0 spiro atoms. The number of nitrogens with zero attached hydrogens (tertiary/aromatic N) is 1. The predicted octanol–water partition coefficient (Wildman–Crippen LogP) is 2.21. The Morgan fingerprint density at radius 2 is 1.88 bits per heavy atom. The molecule has 9 heteroatoms. The third kappa shape index (κ3) is 8.56. The molecule has 0 fully saturated rings. The number of benzene rings is 1. The highest BCUT2D eigenvalue weighted by molar-refractivity contribution is 7.80. The van der Waals surface area contributed by atoms with E-state index in [4.69, 9.17) is 12.2 Å². The van der Waals surface area contributed by atoms with E-state index in [2.05, 4.69) is 16.2 Å². The van der Waals surface area contributed by atoms with Crippen molar-refractivity contribution in [2.75, 3.05) is 0 Å². The third-order valence-electron chi connectivity index (χ3n) is 3.09. The number of nitrogens with one attached hydrogen (secondary N) is 3. The van der Waals surface area contributed by atoms with Crippen LogP contribution in [0.15, 0.2) is 30.3 Å². The lowest BCUT2D eigenvalue weighted by molar-refractivity contribution is -0.384. The van der Waals surface area contributed by atoms with Gasteiger partial charge < -0.3 is 0 Å². The van der Waals surface area contributed by atoms with Crippen molar-refractivity contribution in [3.8, 4) is 0 Å². The highest BCUT2D eigenvalue weighted by Gasteiger charge is 2.05. The summed E-state index contributed by atoms with van der Waals surface area (Å²) in [4.78, 5) is 33.3. The Kier molecular flexibility index (Phi) is 8.80. The second-order valence-electron chi connectivity index (χ2n) is 5.13. The molecule has 0 aliphatic carbocycles. The topological polar surface area (TPSA) is 113 Å². The van der Waals surface area contributed by atoms with E-state index in [0.29, 0.717) is 12.0 Å². The van der Waals surface area contributed by atoms with Crippen molar-refractivity contribution >= 4 is 40.9 Å². The van der Waals surface area contributed by atoms with Crippen molar-refractivity contribution in [3.63, 3.8) is 0 Å². The van der Waals surface area contributed by atoms with Crippen LogP contribution < -0.4 is 16.2 Å². The summed E-state index contributed by atoms with van der Waals surface area (Å²) in [6.07, 6.45) is 5.90. The van der Waals surface area contributed by atoms with E-state index in [1.54, 1.807) is 0 Å². The Morgan fingerprint density at radius 3 is 2.48 bits per heavy atom. The van der Waals surface area contributed by atoms with Crippen LogP contribution in [0.2, 0.25) is 0 Å². The second kappa shape index (κ2) is 10.9. The molecule has 0 aliphatic heterocycles. The number of thiocarbonyl (C=S) groups is 1. The van der Waals surface area contributed by atoms with Gasteiger partial charge in [0.05, 0.1) is 4.92 Å². The lowest BCUT2D eigenvalue weighted by Gasteiger charge is -2.09. The second-order valence-corrected chi connectivity index (χ2v) is 5.54. The minimum atomic E-state index is -0.499. The van der Waals surface area contributed by atoms with Crippen LogP contribution in [0, 0.1) is 10.1 Å². The standard InChI is InChI=1S/C16H20N4O4S/c1-2-3-4-5-15(22)18-19-16(25)17-14(21)11-8-12-6-9-13(10-7-12)20(23)24/h6-11H,2-5H2,1H3,(H,18,22)(H2,17,19,21,25)/b11-8+. The maximum atomic E-state index is 11.7. The molecule has 1 aromatic rings. The lowest BCUT2D eigenvalue weighted by atomic mass is 10.2. The number of nitro benzene ring substituents is 1. The van der Waals surface area contributed by atoms with E-state index in [-0.39, 0.29) is 16.7 Å². The highest BCUT2D eigenvalue weighted by atomic mass is 32.1. The molecule has 0 saturated heterocycles. The van der Waals surface area contributed by atoms with Crippen molar-refractivity contribution in [3.05, 3.63) is 46.0 Å². The van der Waals surface area contributed by atoms with Gasteiger partial charge in [0.1, 0.15) is 0 Å². The molecule has 0 atom stereocenters. The summed E-state index contributed by atoms with van der Waals surface area (Å²) in [5.74, 6) is -0.692. The smallest absolute Gasteiger partial charge is 0.269 e. The summed E-state index contributed by atoms with van der Waals surface area (Å²) in [5, 5.41) is 12.9. The van der Waals surface area contributed by atoms with Crippen LogP contribution in [0.4, 0.5) is 5.69 Å². The number of unbranched alkanes of at least 4 members (excludes halogenated alkanes) is 2. The molecule has 25 heavy (non-hydrogen) atoms. The van der Waals surface area contributed by atoms with Crippen LogP contribution in [0.5, 0.6) is 0 Å². The summed E-state index contributed by atoms with van der Waals surface area (Å²) >= 11 is 4.89. The zero-order chi connectivity index (χ0) is 18.7. The van der Waals surface area contributed by atoms with Gasteiger partial charge in [0.15, 0.2) is 5.11 Å². The third-order valence-corrected chi connectivity index (χ3v) is 3.29. The minimum absolute atomic E-state index is 0.0257. The zero-order valence-electron chi connectivity index (χ0n) is 13.8. The van der Waals surface area contributed by atoms with Crippen molar-refractivity contribution in [1.82, 2.24) is 16.2 Å². The molecule has 1 aromatic carbocycles.